The van der Waals surface area contributed by atoms with Crippen LogP contribution in [0.5, 0.6) is 0 Å². The Morgan fingerprint density at radius 2 is 2.13 bits per heavy atom. The summed E-state index contributed by atoms with van der Waals surface area (Å²) in [5, 5.41) is 2.77. The van der Waals surface area contributed by atoms with Gasteiger partial charge < -0.3 is 10.3 Å². The van der Waals surface area contributed by atoms with Gasteiger partial charge in [0, 0.05) is 24.4 Å². The Morgan fingerprint density at radius 3 is 2.67 bits per heavy atom. The van der Waals surface area contributed by atoms with Gasteiger partial charge in [0.2, 0.25) is 5.56 Å². The van der Waals surface area contributed by atoms with Crippen LogP contribution in [0.1, 0.15) is 31.1 Å². The summed E-state index contributed by atoms with van der Waals surface area (Å²) in [5.74, 6) is -0.212. The molecule has 0 fully saturated rings. The number of rotatable bonds is 2. The van der Waals surface area contributed by atoms with Crippen molar-refractivity contribution in [2.75, 3.05) is 6.54 Å². The second kappa shape index (κ2) is 4.29. The van der Waals surface area contributed by atoms with E-state index in [1.54, 1.807) is 6.07 Å². The molecule has 0 aliphatic rings. The zero-order valence-electron chi connectivity index (χ0n) is 9.26. The fraction of sp³-hybridized carbons (Fsp3) is 0.455. The Balaban J connectivity index is 2.66. The third-order valence-corrected chi connectivity index (χ3v) is 1.82. The number of amides is 1. The highest BCUT2D eigenvalue weighted by Crippen LogP contribution is 2.10. The van der Waals surface area contributed by atoms with Gasteiger partial charge in [-0.15, -0.1) is 0 Å². The summed E-state index contributed by atoms with van der Waals surface area (Å²) in [6, 6.07) is 2.87. The quantitative estimate of drug-likeness (QED) is 0.765. The first-order chi connectivity index (χ1) is 6.88. The van der Waals surface area contributed by atoms with Gasteiger partial charge in [-0.2, -0.15) is 0 Å². The second-order valence-electron chi connectivity index (χ2n) is 4.68. The molecular formula is C11H16N2O2. The maximum atomic E-state index is 11.6. The standard InChI is InChI=1S/C11H16N2O2/c1-11(2,3)7-13-10(15)8-4-5-12-9(14)6-8/h4-6H,7H2,1-3H3,(H,12,14)(H,13,15). The third-order valence-electron chi connectivity index (χ3n) is 1.82. The summed E-state index contributed by atoms with van der Waals surface area (Å²) in [5.41, 5.74) is 0.165. The van der Waals surface area contributed by atoms with Gasteiger partial charge >= 0.3 is 0 Å². The Bertz CT molecular complexity index is 402. The summed E-state index contributed by atoms with van der Waals surface area (Å²) in [6.45, 7) is 6.68. The number of H-pyrrole nitrogens is 1. The first-order valence-corrected chi connectivity index (χ1v) is 4.85. The minimum absolute atomic E-state index is 0.0386. The Hall–Kier alpha value is -1.58. The van der Waals surface area contributed by atoms with Crippen LogP contribution in [0.4, 0.5) is 0 Å². The average Bonchev–Trinajstić information content (AvgIpc) is 2.13. The van der Waals surface area contributed by atoms with Gasteiger partial charge in [-0.25, -0.2) is 0 Å². The highest BCUT2D eigenvalue weighted by molar-refractivity contribution is 5.93. The van der Waals surface area contributed by atoms with E-state index in [4.69, 9.17) is 0 Å². The minimum atomic E-state index is -0.265. The van der Waals surface area contributed by atoms with Crippen LogP contribution in [0, 0.1) is 5.41 Å². The van der Waals surface area contributed by atoms with Crippen LogP contribution in [0.15, 0.2) is 23.1 Å². The first-order valence-electron chi connectivity index (χ1n) is 4.85. The monoisotopic (exact) mass is 208 g/mol. The van der Waals surface area contributed by atoms with E-state index in [0.717, 1.165) is 0 Å². The van der Waals surface area contributed by atoms with Crippen LogP contribution in [0.2, 0.25) is 0 Å². The van der Waals surface area contributed by atoms with E-state index in [0.29, 0.717) is 12.1 Å². The number of pyridine rings is 1. The van der Waals surface area contributed by atoms with Crippen molar-refractivity contribution < 1.29 is 4.79 Å². The molecule has 1 heterocycles. The molecule has 0 aliphatic heterocycles. The van der Waals surface area contributed by atoms with E-state index < -0.39 is 0 Å². The van der Waals surface area contributed by atoms with Crippen molar-refractivity contribution in [3.8, 4) is 0 Å². The van der Waals surface area contributed by atoms with Gasteiger partial charge in [-0.3, -0.25) is 9.59 Å². The number of aromatic amines is 1. The summed E-state index contributed by atoms with van der Waals surface area (Å²) >= 11 is 0. The van der Waals surface area contributed by atoms with Crippen LogP contribution in [-0.2, 0) is 0 Å². The molecule has 82 valence electrons. The van der Waals surface area contributed by atoms with E-state index in [1.165, 1.54) is 12.3 Å². The van der Waals surface area contributed by atoms with Gasteiger partial charge in [-0.05, 0) is 11.5 Å². The molecule has 0 aliphatic carbocycles. The fourth-order valence-electron chi connectivity index (χ4n) is 1.03. The molecule has 0 spiro atoms. The minimum Gasteiger partial charge on any atom is -0.352 e. The molecule has 15 heavy (non-hydrogen) atoms. The lowest BCUT2D eigenvalue weighted by atomic mass is 9.97. The van der Waals surface area contributed by atoms with E-state index in [1.807, 2.05) is 20.8 Å². The van der Waals surface area contributed by atoms with Crippen LogP contribution in [-0.4, -0.2) is 17.4 Å². The van der Waals surface area contributed by atoms with E-state index >= 15 is 0 Å². The van der Waals surface area contributed by atoms with Crippen LogP contribution in [0.25, 0.3) is 0 Å². The van der Waals surface area contributed by atoms with Crippen molar-refractivity contribution in [2.24, 2.45) is 5.41 Å². The van der Waals surface area contributed by atoms with Crippen molar-refractivity contribution in [3.63, 3.8) is 0 Å². The zero-order chi connectivity index (χ0) is 11.5. The van der Waals surface area contributed by atoms with E-state index in [-0.39, 0.29) is 16.9 Å². The van der Waals surface area contributed by atoms with Gasteiger partial charge in [0.05, 0.1) is 0 Å². The number of hydrogen-bond donors (Lipinski definition) is 2. The number of nitrogens with one attached hydrogen (secondary N) is 2. The number of carbonyl (C=O) groups excluding carboxylic acids is 1. The van der Waals surface area contributed by atoms with Crippen molar-refractivity contribution >= 4 is 5.91 Å². The van der Waals surface area contributed by atoms with Gasteiger partial charge in [0.25, 0.3) is 5.91 Å². The molecule has 1 aromatic heterocycles. The molecule has 1 amide bonds. The molecule has 2 N–H and O–H groups in total. The van der Waals surface area contributed by atoms with E-state index in [9.17, 15) is 9.59 Å². The van der Waals surface area contributed by atoms with Crippen molar-refractivity contribution in [2.45, 2.75) is 20.8 Å². The molecule has 4 nitrogen and oxygen atoms in total. The Morgan fingerprint density at radius 1 is 1.47 bits per heavy atom. The smallest absolute Gasteiger partial charge is 0.251 e. The topological polar surface area (TPSA) is 62.0 Å². The molecule has 0 saturated heterocycles. The van der Waals surface area contributed by atoms with E-state index in [2.05, 4.69) is 10.3 Å². The highest BCUT2D eigenvalue weighted by atomic mass is 16.2. The summed E-state index contributed by atoms with van der Waals surface area (Å²) < 4.78 is 0. The highest BCUT2D eigenvalue weighted by Gasteiger charge is 2.12. The zero-order valence-corrected chi connectivity index (χ0v) is 9.26. The first kappa shape index (κ1) is 11.5. The van der Waals surface area contributed by atoms with Crippen LogP contribution >= 0.6 is 0 Å². The summed E-state index contributed by atoms with van der Waals surface area (Å²) in [6.07, 6.45) is 1.47. The predicted molar refractivity (Wildman–Crippen MR) is 58.9 cm³/mol. The Kier molecular flexibility index (Phi) is 3.29. The van der Waals surface area contributed by atoms with Crippen LogP contribution < -0.4 is 10.9 Å². The van der Waals surface area contributed by atoms with Crippen LogP contribution in [0.3, 0.4) is 0 Å². The summed E-state index contributed by atoms with van der Waals surface area (Å²) in [4.78, 5) is 25.0. The molecule has 4 heteroatoms. The SMILES string of the molecule is CC(C)(C)CNC(=O)c1cc[nH]c(=O)c1. The van der Waals surface area contributed by atoms with Gasteiger partial charge in [0.15, 0.2) is 0 Å². The Labute approximate surface area is 88.7 Å². The second-order valence-corrected chi connectivity index (χ2v) is 4.68. The predicted octanol–water partition coefficient (Wildman–Crippen LogP) is 1.15. The largest absolute Gasteiger partial charge is 0.352 e. The van der Waals surface area contributed by atoms with Crippen molar-refractivity contribution in [3.05, 3.63) is 34.2 Å². The maximum absolute atomic E-state index is 11.6. The lowest BCUT2D eigenvalue weighted by Crippen LogP contribution is -2.32. The van der Waals surface area contributed by atoms with Gasteiger partial charge in [0.1, 0.15) is 0 Å². The summed E-state index contributed by atoms with van der Waals surface area (Å²) in [7, 11) is 0. The van der Waals surface area contributed by atoms with Crippen molar-refractivity contribution in [1.29, 1.82) is 0 Å². The molecule has 1 aromatic rings. The molecule has 0 aromatic carbocycles. The molecule has 0 atom stereocenters. The number of aromatic nitrogens is 1. The van der Waals surface area contributed by atoms with Crippen molar-refractivity contribution in [1.82, 2.24) is 10.3 Å². The molecule has 0 saturated carbocycles. The molecule has 0 unspecified atom stereocenters. The average molecular weight is 208 g/mol. The molecular weight excluding hydrogens is 192 g/mol. The lowest BCUT2D eigenvalue weighted by Gasteiger charge is -2.18. The number of carbonyl (C=O) groups is 1. The maximum Gasteiger partial charge on any atom is 0.251 e. The molecule has 0 radical (unpaired) electrons. The fourth-order valence-corrected chi connectivity index (χ4v) is 1.03. The lowest BCUT2D eigenvalue weighted by molar-refractivity contribution is 0.0939. The van der Waals surface area contributed by atoms with Gasteiger partial charge in [-0.1, -0.05) is 20.8 Å². The normalized spacial score (nSPS) is 11.1. The molecule has 1 rings (SSSR count). The number of hydrogen-bond acceptors (Lipinski definition) is 2. The molecule has 0 bridgehead atoms. The third kappa shape index (κ3) is 3.97.